The molecular weight excluding hydrogens is 286 g/mol. The molecule has 7 heteroatoms. The van der Waals surface area contributed by atoms with Gasteiger partial charge < -0.3 is 5.32 Å². The Morgan fingerprint density at radius 3 is 2.48 bits per heavy atom. The van der Waals surface area contributed by atoms with Crippen molar-refractivity contribution in [3.8, 4) is 0 Å². The summed E-state index contributed by atoms with van der Waals surface area (Å²) >= 11 is 0. The van der Waals surface area contributed by atoms with Gasteiger partial charge in [0.1, 0.15) is 11.5 Å². The molecule has 0 aliphatic carbocycles. The van der Waals surface area contributed by atoms with Crippen molar-refractivity contribution < 1.29 is 17.6 Å². The summed E-state index contributed by atoms with van der Waals surface area (Å²) in [6, 6.07) is 5.57. The van der Waals surface area contributed by atoms with Crippen LogP contribution in [0, 0.1) is 12.7 Å². The zero-order chi connectivity index (χ0) is 15.6. The molecule has 1 aromatic carbocycles. The summed E-state index contributed by atoms with van der Waals surface area (Å²) in [5.41, 5.74) is 0.481. The van der Waals surface area contributed by atoms with E-state index in [2.05, 4.69) is 10.4 Å². The first-order chi connectivity index (χ1) is 9.81. The molecular formula is C14H15F4N3. The van der Waals surface area contributed by atoms with Gasteiger partial charge in [-0.25, -0.2) is 4.39 Å². The number of hydrogen-bond donors (Lipinski definition) is 1. The van der Waals surface area contributed by atoms with Gasteiger partial charge in [-0.1, -0.05) is 6.07 Å². The van der Waals surface area contributed by atoms with Crippen molar-refractivity contribution in [2.24, 2.45) is 0 Å². The van der Waals surface area contributed by atoms with Crippen molar-refractivity contribution in [2.45, 2.75) is 33.1 Å². The van der Waals surface area contributed by atoms with Gasteiger partial charge in [-0.15, -0.1) is 0 Å². The molecule has 0 radical (unpaired) electrons. The van der Waals surface area contributed by atoms with Crippen molar-refractivity contribution in [3.63, 3.8) is 0 Å². The number of nitrogens with one attached hydrogen (secondary N) is 1. The van der Waals surface area contributed by atoms with Gasteiger partial charge in [-0.2, -0.15) is 18.3 Å². The van der Waals surface area contributed by atoms with Crippen molar-refractivity contribution >= 4 is 5.69 Å². The first-order valence-corrected chi connectivity index (χ1v) is 6.45. The SMILES string of the molecule is CCn1nc(CNc2ccc(C)c(F)c2)cc1C(F)(F)F. The second-order valence-electron chi connectivity index (χ2n) is 4.65. The molecule has 0 amide bonds. The third kappa shape index (κ3) is 3.53. The quantitative estimate of drug-likeness (QED) is 0.866. The second kappa shape index (κ2) is 5.75. The lowest BCUT2D eigenvalue weighted by molar-refractivity contribution is -0.144. The van der Waals surface area contributed by atoms with Crippen LogP contribution in [-0.4, -0.2) is 9.78 Å². The fraction of sp³-hybridized carbons (Fsp3) is 0.357. The summed E-state index contributed by atoms with van der Waals surface area (Å²) < 4.78 is 52.6. The number of hydrogen-bond acceptors (Lipinski definition) is 2. The first kappa shape index (κ1) is 15.3. The highest BCUT2D eigenvalue weighted by atomic mass is 19.4. The number of aromatic nitrogens is 2. The van der Waals surface area contributed by atoms with E-state index >= 15 is 0 Å². The van der Waals surface area contributed by atoms with Crippen LogP contribution in [0.2, 0.25) is 0 Å². The fourth-order valence-corrected chi connectivity index (χ4v) is 1.92. The summed E-state index contributed by atoms with van der Waals surface area (Å²) in [6.45, 7) is 3.46. The van der Waals surface area contributed by atoms with Gasteiger partial charge in [0.05, 0.1) is 12.2 Å². The summed E-state index contributed by atoms with van der Waals surface area (Å²) in [4.78, 5) is 0. The minimum Gasteiger partial charge on any atom is -0.379 e. The van der Waals surface area contributed by atoms with Crippen LogP contribution in [0.3, 0.4) is 0 Å². The highest BCUT2D eigenvalue weighted by molar-refractivity contribution is 5.45. The molecule has 114 valence electrons. The largest absolute Gasteiger partial charge is 0.433 e. The Balaban J connectivity index is 2.13. The average molecular weight is 301 g/mol. The first-order valence-electron chi connectivity index (χ1n) is 6.45. The lowest BCUT2D eigenvalue weighted by Crippen LogP contribution is -2.13. The number of rotatable bonds is 4. The minimum absolute atomic E-state index is 0.0958. The Bertz CT molecular complexity index is 632. The van der Waals surface area contributed by atoms with E-state index in [1.807, 2.05) is 0 Å². The Hall–Kier alpha value is -2.05. The van der Waals surface area contributed by atoms with Gasteiger partial charge in [0.15, 0.2) is 0 Å². The van der Waals surface area contributed by atoms with Crippen LogP contribution >= 0.6 is 0 Å². The number of nitrogens with zero attached hydrogens (tertiary/aromatic N) is 2. The molecule has 0 bridgehead atoms. The molecule has 1 N–H and O–H groups in total. The smallest absolute Gasteiger partial charge is 0.379 e. The molecule has 2 aromatic rings. The van der Waals surface area contributed by atoms with Gasteiger partial charge in [-0.3, -0.25) is 4.68 Å². The fourth-order valence-electron chi connectivity index (χ4n) is 1.92. The van der Waals surface area contributed by atoms with Crippen molar-refractivity contribution in [1.82, 2.24) is 9.78 Å². The standard InChI is InChI=1S/C14H15F4N3/c1-3-21-13(14(16,17)18)7-11(20-21)8-19-10-5-4-9(2)12(15)6-10/h4-7,19H,3,8H2,1-2H3. The lowest BCUT2D eigenvalue weighted by Gasteiger charge is -2.07. The summed E-state index contributed by atoms with van der Waals surface area (Å²) in [5, 5.41) is 6.75. The molecule has 0 spiro atoms. The highest BCUT2D eigenvalue weighted by Gasteiger charge is 2.35. The maximum absolute atomic E-state index is 13.4. The number of halogens is 4. The van der Waals surface area contributed by atoms with Crippen LogP contribution < -0.4 is 5.32 Å². The Morgan fingerprint density at radius 2 is 1.95 bits per heavy atom. The van der Waals surface area contributed by atoms with Gasteiger partial charge in [0, 0.05) is 12.2 Å². The third-order valence-corrected chi connectivity index (χ3v) is 3.07. The van der Waals surface area contributed by atoms with Gasteiger partial charge in [-0.05, 0) is 37.6 Å². The molecule has 0 unspecified atom stereocenters. The molecule has 3 nitrogen and oxygen atoms in total. The lowest BCUT2D eigenvalue weighted by atomic mass is 10.2. The van der Waals surface area contributed by atoms with Crippen LogP contribution in [0.4, 0.5) is 23.2 Å². The van der Waals surface area contributed by atoms with E-state index in [-0.39, 0.29) is 24.6 Å². The van der Waals surface area contributed by atoms with Crippen LogP contribution in [0.5, 0.6) is 0 Å². The molecule has 0 aliphatic heterocycles. The maximum atomic E-state index is 13.4. The number of benzene rings is 1. The molecule has 0 aliphatic rings. The van der Waals surface area contributed by atoms with Crippen molar-refractivity contribution in [2.75, 3.05) is 5.32 Å². The molecule has 21 heavy (non-hydrogen) atoms. The van der Waals surface area contributed by atoms with Crippen molar-refractivity contribution in [3.05, 3.63) is 47.0 Å². The monoisotopic (exact) mass is 301 g/mol. The van der Waals surface area contributed by atoms with E-state index in [1.54, 1.807) is 26.0 Å². The van der Waals surface area contributed by atoms with Gasteiger partial charge in [0.2, 0.25) is 0 Å². The zero-order valence-corrected chi connectivity index (χ0v) is 11.6. The molecule has 0 fully saturated rings. The molecule has 0 saturated carbocycles. The Labute approximate surface area is 119 Å². The minimum atomic E-state index is -4.43. The van der Waals surface area contributed by atoms with Crippen LogP contribution in [-0.2, 0) is 19.3 Å². The second-order valence-corrected chi connectivity index (χ2v) is 4.65. The number of alkyl halides is 3. The summed E-state index contributed by atoms with van der Waals surface area (Å²) in [5.74, 6) is -0.366. The van der Waals surface area contributed by atoms with Crippen molar-refractivity contribution in [1.29, 1.82) is 0 Å². The average Bonchev–Trinajstić information content (AvgIpc) is 2.83. The number of anilines is 1. The molecule has 1 heterocycles. The summed E-state index contributed by atoms with van der Waals surface area (Å²) in [6.07, 6.45) is -4.43. The van der Waals surface area contributed by atoms with E-state index in [0.29, 0.717) is 11.3 Å². The van der Waals surface area contributed by atoms with E-state index < -0.39 is 11.9 Å². The molecule has 0 saturated heterocycles. The molecule has 2 rings (SSSR count). The van der Waals surface area contributed by atoms with E-state index in [9.17, 15) is 17.6 Å². The van der Waals surface area contributed by atoms with Crippen LogP contribution in [0.25, 0.3) is 0 Å². The Morgan fingerprint density at radius 1 is 1.24 bits per heavy atom. The van der Waals surface area contributed by atoms with Crippen LogP contribution in [0.15, 0.2) is 24.3 Å². The van der Waals surface area contributed by atoms with Gasteiger partial charge in [0.25, 0.3) is 0 Å². The van der Waals surface area contributed by atoms with Crippen LogP contribution in [0.1, 0.15) is 23.9 Å². The topological polar surface area (TPSA) is 29.9 Å². The normalized spacial score (nSPS) is 11.7. The Kier molecular flexibility index (Phi) is 4.20. The zero-order valence-electron chi connectivity index (χ0n) is 11.6. The van der Waals surface area contributed by atoms with E-state index in [1.165, 1.54) is 6.07 Å². The molecule has 0 atom stereocenters. The van der Waals surface area contributed by atoms with Gasteiger partial charge >= 0.3 is 6.18 Å². The van der Waals surface area contributed by atoms with E-state index in [0.717, 1.165) is 10.7 Å². The number of aryl methyl sites for hydroxylation is 2. The maximum Gasteiger partial charge on any atom is 0.433 e. The highest BCUT2D eigenvalue weighted by Crippen LogP contribution is 2.30. The summed E-state index contributed by atoms with van der Waals surface area (Å²) in [7, 11) is 0. The molecule has 1 aromatic heterocycles. The predicted octanol–water partition coefficient (Wildman–Crippen LogP) is 3.98. The predicted molar refractivity (Wildman–Crippen MR) is 71.4 cm³/mol. The third-order valence-electron chi connectivity index (χ3n) is 3.07. The van der Waals surface area contributed by atoms with E-state index in [4.69, 9.17) is 0 Å².